The largest absolute Gasteiger partial charge is 0.322 e. The molecule has 0 saturated heterocycles. The second-order valence-corrected chi connectivity index (χ2v) is 8.12. The maximum Gasteiger partial charge on any atom is 0.322 e. The van der Waals surface area contributed by atoms with Crippen LogP contribution in [-0.2, 0) is 0 Å². The van der Waals surface area contributed by atoms with Crippen LogP contribution < -0.4 is 10.9 Å². The van der Waals surface area contributed by atoms with Gasteiger partial charge in [-0.15, -0.1) is 0 Å². The Morgan fingerprint density at radius 3 is 2.53 bits per heavy atom. The SMILES string of the molecule is CCC(c1nc2ccccc2c(=O)n1-c1cccc(C)c1)N(CC)C(=O)Nc1cccc(F)c1. The number of amides is 2. The molecule has 1 unspecified atom stereocenters. The molecule has 4 rings (SSSR count). The van der Waals surface area contributed by atoms with Gasteiger partial charge in [0, 0.05) is 12.2 Å². The third kappa shape index (κ3) is 4.55. The lowest BCUT2D eigenvalue weighted by atomic mass is 10.1. The van der Waals surface area contributed by atoms with Crippen LogP contribution in [0.1, 0.15) is 37.7 Å². The van der Waals surface area contributed by atoms with Crippen LogP contribution in [0.25, 0.3) is 16.6 Å². The molecule has 0 aliphatic rings. The first-order valence-corrected chi connectivity index (χ1v) is 11.3. The summed E-state index contributed by atoms with van der Waals surface area (Å²) in [5, 5.41) is 3.28. The summed E-state index contributed by atoms with van der Waals surface area (Å²) < 4.78 is 15.2. The van der Waals surface area contributed by atoms with E-state index < -0.39 is 17.9 Å². The van der Waals surface area contributed by atoms with Crippen molar-refractivity contribution >= 4 is 22.6 Å². The normalized spacial score (nSPS) is 11.9. The smallest absolute Gasteiger partial charge is 0.315 e. The lowest BCUT2D eigenvalue weighted by Crippen LogP contribution is -2.40. The number of fused-ring (bicyclic) bond motifs is 1. The van der Waals surface area contributed by atoms with E-state index in [1.54, 1.807) is 33.7 Å². The summed E-state index contributed by atoms with van der Waals surface area (Å²) in [6, 6.07) is 19.7. The van der Waals surface area contributed by atoms with Gasteiger partial charge in [0.05, 0.1) is 22.6 Å². The van der Waals surface area contributed by atoms with Crippen molar-refractivity contribution in [3.63, 3.8) is 0 Å². The van der Waals surface area contributed by atoms with Crippen LogP contribution in [0.4, 0.5) is 14.9 Å². The molecule has 2 amide bonds. The van der Waals surface area contributed by atoms with Gasteiger partial charge in [-0.1, -0.05) is 37.3 Å². The first-order valence-electron chi connectivity index (χ1n) is 11.3. The zero-order valence-corrected chi connectivity index (χ0v) is 19.5. The molecule has 34 heavy (non-hydrogen) atoms. The molecule has 0 aliphatic heterocycles. The zero-order chi connectivity index (χ0) is 24.2. The molecular weight excluding hydrogens is 431 g/mol. The van der Waals surface area contributed by atoms with E-state index in [1.807, 2.05) is 57.2 Å². The van der Waals surface area contributed by atoms with Crippen molar-refractivity contribution in [3.05, 3.63) is 100 Å². The maximum absolute atomic E-state index is 13.7. The summed E-state index contributed by atoms with van der Waals surface area (Å²) in [5.74, 6) is 0.0467. The summed E-state index contributed by atoms with van der Waals surface area (Å²) in [7, 11) is 0. The molecule has 0 radical (unpaired) electrons. The number of carbonyl (C=O) groups is 1. The fourth-order valence-corrected chi connectivity index (χ4v) is 4.20. The van der Waals surface area contributed by atoms with Gasteiger partial charge in [0.15, 0.2) is 0 Å². The van der Waals surface area contributed by atoms with Crippen molar-refractivity contribution in [2.45, 2.75) is 33.2 Å². The van der Waals surface area contributed by atoms with Gasteiger partial charge < -0.3 is 10.2 Å². The number of hydrogen-bond donors (Lipinski definition) is 1. The highest BCUT2D eigenvalue weighted by Gasteiger charge is 2.28. The molecule has 1 N–H and O–H groups in total. The van der Waals surface area contributed by atoms with Crippen molar-refractivity contribution in [1.29, 1.82) is 0 Å². The van der Waals surface area contributed by atoms with E-state index in [4.69, 9.17) is 4.98 Å². The standard InChI is InChI=1S/C27H27FN4O2/c1-4-24(31(5-2)27(34)29-20-12-9-11-19(28)17-20)25-30-23-15-7-6-14-22(23)26(33)32(25)21-13-8-10-18(3)16-21/h6-17,24H,4-5H2,1-3H3,(H,29,34). The van der Waals surface area contributed by atoms with Gasteiger partial charge in [-0.3, -0.25) is 9.36 Å². The van der Waals surface area contributed by atoms with Crippen molar-refractivity contribution < 1.29 is 9.18 Å². The lowest BCUT2D eigenvalue weighted by Gasteiger charge is -2.31. The number of aryl methyl sites for hydroxylation is 1. The van der Waals surface area contributed by atoms with E-state index in [0.29, 0.717) is 41.1 Å². The molecule has 3 aromatic carbocycles. The summed E-state index contributed by atoms with van der Waals surface area (Å²) in [4.78, 5) is 33.4. The van der Waals surface area contributed by atoms with Gasteiger partial charge >= 0.3 is 6.03 Å². The lowest BCUT2D eigenvalue weighted by molar-refractivity contribution is 0.185. The minimum atomic E-state index is -0.489. The van der Waals surface area contributed by atoms with E-state index in [-0.39, 0.29) is 5.56 Å². The van der Waals surface area contributed by atoms with Crippen molar-refractivity contribution in [1.82, 2.24) is 14.5 Å². The first-order chi connectivity index (χ1) is 16.4. The third-order valence-electron chi connectivity index (χ3n) is 5.80. The molecule has 0 fully saturated rings. The maximum atomic E-state index is 13.7. The molecule has 0 bridgehead atoms. The Morgan fingerprint density at radius 1 is 1.06 bits per heavy atom. The van der Waals surface area contributed by atoms with Gasteiger partial charge in [-0.25, -0.2) is 14.2 Å². The molecule has 1 heterocycles. The molecule has 0 saturated carbocycles. The minimum absolute atomic E-state index is 0.189. The Kier molecular flexibility index (Phi) is 6.72. The second-order valence-electron chi connectivity index (χ2n) is 8.12. The van der Waals surface area contributed by atoms with Crippen LogP contribution >= 0.6 is 0 Å². The highest BCUT2D eigenvalue weighted by molar-refractivity contribution is 5.89. The number of nitrogens with zero attached hydrogens (tertiary/aromatic N) is 3. The van der Waals surface area contributed by atoms with Crippen LogP contribution in [0.15, 0.2) is 77.6 Å². The Balaban J connectivity index is 1.86. The molecular formula is C27H27FN4O2. The fraction of sp³-hybridized carbons (Fsp3) is 0.222. The Hall–Kier alpha value is -4.00. The average Bonchev–Trinajstić information content (AvgIpc) is 2.82. The van der Waals surface area contributed by atoms with Crippen molar-refractivity contribution in [2.24, 2.45) is 0 Å². The van der Waals surface area contributed by atoms with Gasteiger partial charge in [-0.2, -0.15) is 0 Å². The van der Waals surface area contributed by atoms with Crippen LogP contribution in [-0.4, -0.2) is 27.0 Å². The van der Waals surface area contributed by atoms with E-state index in [2.05, 4.69) is 5.32 Å². The predicted octanol–water partition coefficient (Wildman–Crippen LogP) is 5.84. The number of anilines is 1. The van der Waals surface area contributed by atoms with E-state index in [1.165, 1.54) is 12.1 Å². The molecule has 1 atom stereocenters. The number of hydrogen-bond acceptors (Lipinski definition) is 3. The third-order valence-corrected chi connectivity index (χ3v) is 5.80. The summed E-state index contributed by atoms with van der Waals surface area (Å²) in [5.41, 5.74) is 2.45. The van der Waals surface area contributed by atoms with Crippen LogP contribution in [0.2, 0.25) is 0 Å². The van der Waals surface area contributed by atoms with Crippen LogP contribution in [0, 0.1) is 12.7 Å². The molecule has 174 valence electrons. The molecule has 6 nitrogen and oxygen atoms in total. The van der Waals surface area contributed by atoms with E-state index in [0.717, 1.165) is 5.56 Å². The quantitative estimate of drug-likeness (QED) is 0.395. The molecule has 0 aliphatic carbocycles. The minimum Gasteiger partial charge on any atom is -0.315 e. The highest BCUT2D eigenvalue weighted by Crippen LogP contribution is 2.27. The van der Waals surface area contributed by atoms with Gasteiger partial charge in [0.1, 0.15) is 11.6 Å². The topological polar surface area (TPSA) is 67.2 Å². The Bertz CT molecular complexity index is 1400. The number of carbonyl (C=O) groups excluding carboxylic acids is 1. The number of rotatable bonds is 6. The summed E-state index contributed by atoms with van der Waals surface area (Å²) >= 11 is 0. The van der Waals surface area contributed by atoms with E-state index in [9.17, 15) is 14.0 Å². The van der Waals surface area contributed by atoms with Crippen molar-refractivity contribution in [3.8, 4) is 5.69 Å². The zero-order valence-electron chi connectivity index (χ0n) is 19.5. The number of urea groups is 1. The average molecular weight is 459 g/mol. The van der Waals surface area contributed by atoms with Crippen LogP contribution in [0.5, 0.6) is 0 Å². The highest BCUT2D eigenvalue weighted by atomic mass is 19.1. The number of halogens is 1. The number of benzene rings is 3. The van der Waals surface area contributed by atoms with Gasteiger partial charge in [0.2, 0.25) is 0 Å². The summed E-state index contributed by atoms with van der Waals surface area (Å²) in [6.07, 6.45) is 0.529. The Morgan fingerprint density at radius 2 is 1.82 bits per heavy atom. The fourth-order valence-electron chi connectivity index (χ4n) is 4.20. The molecule has 1 aromatic heterocycles. The first kappa shape index (κ1) is 23.2. The summed E-state index contributed by atoms with van der Waals surface area (Å²) in [6.45, 7) is 6.15. The Labute approximate surface area is 197 Å². The van der Waals surface area contributed by atoms with E-state index >= 15 is 0 Å². The predicted molar refractivity (Wildman–Crippen MR) is 133 cm³/mol. The van der Waals surface area contributed by atoms with Crippen molar-refractivity contribution in [2.75, 3.05) is 11.9 Å². The number of aromatic nitrogens is 2. The monoisotopic (exact) mass is 458 g/mol. The number of nitrogens with one attached hydrogen (secondary N) is 1. The number of para-hydroxylation sites is 1. The van der Waals surface area contributed by atoms with Gasteiger partial charge in [-0.05, 0) is 68.3 Å². The molecule has 7 heteroatoms. The van der Waals surface area contributed by atoms with Crippen LogP contribution in [0.3, 0.4) is 0 Å². The molecule has 4 aromatic rings. The second kappa shape index (κ2) is 9.87. The van der Waals surface area contributed by atoms with Gasteiger partial charge in [0.25, 0.3) is 5.56 Å². The molecule has 0 spiro atoms.